The molecule has 32 heavy (non-hydrogen) atoms. The molecule has 2 atom stereocenters. The number of aromatic amines is 1. The van der Waals surface area contributed by atoms with Gasteiger partial charge in [0.05, 0.1) is 23.6 Å². The van der Waals surface area contributed by atoms with Crippen molar-refractivity contribution in [3.8, 4) is 0 Å². The second-order valence-electron chi connectivity index (χ2n) is 8.46. The van der Waals surface area contributed by atoms with Crippen LogP contribution in [0.15, 0.2) is 23.0 Å². The van der Waals surface area contributed by atoms with Crippen LogP contribution >= 0.6 is 0 Å². The molecule has 2 N–H and O–H groups in total. The zero-order chi connectivity index (χ0) is 23.3. The Bertz CT molecular complexity index is 1020. The first-order chi connectivity index (χ1) is 15.3. The van der Waals surface area contributed by atoms with E-state index < -0.39 is 6.10 Å². The lowest BCUT2D eigenvalue weighted by Crippen LogP contribution is -2.37. The smallest absolute Gasteiger partial charge is 0.258 e. The van der Waals surface area contributed by atoms with Gasteiger partial charge in [0.2, 0.25) is 5.91 Å². The highest BCUT2D eigenvalue weighted by molar-refractivity contribution is 5.81. The van der Waals surface area contributed by atoms with Crippen LogP contribution in [0.1, 0.15) is 37.6 Å². The van der Waals surface area contributed by atoms with Crippen molar-refractivity contribution in [3.05, 3.63) is 39.9 Å². The Balaban J connectivity index is 1.48. The van der Waals surface area contributed by atoms with Gasteiger partial charge in [0.25, 0.3) is 11.5 Å². The van der Waals surface area contributed by atoms with Crippen molar-refractivity contribution in [1.29, 1.82) is 0 Å². The number of nitrogens with zero attached hydrogens (tertiary/aromatic N) is 3. The van der Waals surface area contributed by atoms with Gasteiger partial charge in [-0.25, -0.2) is 4.98 Å². The maximum absolute atomic E-state index is 12.4. The van der Waals surface area contributed by atoms with E-state index >= 15 is 0 Å². The first-order valence-electron chi connectivity index (χ1n) is 11.1. The predicted octanol–water partition coefficient (Wildman–Crippen LogP) is 1.20. The summed E-state index contributed by atoms with van der Waals surface area (Å²) in [4.78, 5) is 47.8. The van der Waals surface area contributed by atoms with Gasteiger partial charge in [-0.2, -0.15) is 0 Å². The third kappa shape index (κ3) is 5.92. The molecule has 9 heteroatoms. The van der Waals surface area contributed by atoms with Gasteiger partial charge in [0.1, 0.15) is 11.9 Å². The number of hydrogen-bond donors (Lipinski definition) is 2. The standard InChI is InChI=1S/C23H33N5O4/c1-5-28(14-19-25-21-15(2)7-6-8-17(21)22(30)26-19)12-11-20(29)24-13-16-9-10-18(32-16)23(31)27(3)4/h6-8,16,18H,5,9-14H2,1-4H3,(H,24,29)(H,25,26,30)/t16-,18-/m1/s1. The highest BCUT2D eigenvalue weighted by Gasteiger charge is 2.31. The minimum absolute atomic E-state index is 0.0343. The van der Waals surface area contributed by atoms with E-state index in [-0.39, 0.29) is 23.5 Å². The number of fused-ring (bicyclic) bond motifs is 1. The molecule has 1 fully saturated rings. The summed E-state index contributed by atoms with van der Waals surface area (Å²) in [5.74, 6) is 0.494. The SMILES string of the molecule is CCN(CCC(=O)NC[C@H]1CC[C@H](C(=O)N(C)C)O1)Cc1nc2c(C)cccc2c(=O)[nH]1. The number of likely N-dealkylation sites (N-methyl/N-ethyl adjacent to an activating group) is 1. The number of para-hydroxylation sites is 1. The van der Waals surface area contributed by atoms with Crippen molar-refractivity contribution < 1.29 is 14.3 Å². The summed E-state index contributed by atoms with van der Waals surface area (Å²) >= 11 is 0. The molecule has 1 saturated heterocycles. The van der Waals surface area contributed by atoms with Crippen molar-refractivity contribution in [1.82, 2.24) is 25.1 Å². The Morgan fingerprint density at radius 2 is 2.06 bits per heavy atom. The second kappa shape index (κ2) is 10.7. The van der Waals surface area contributed by atoms with E-state index in [0.717, 1.165) is 18.5 Å². The quantitative estimate of drug-likeness (QED) is 0.603. The molecule has 2 aromatic rings. The van der Waals surface area contributed by atoms with Gasteiger partial charge >= 0.3 is 0 Å². The normalized spacial score (nSPS) is 18.3. The fourth-order valence-corrected chi connectivity index (χ4v) is 3.89. The lowest BCUT2D eigenvalue weighted by atomic mass is 10.1. The minimum Gasteiger partial charge on any atom is -0.363 e. The molecule has 2 heterocycles. The van der Waals surface area contributed by atoms with Crippen LogP contribution in [-0.2, 0) is 20.9 Å². The molecular formula is C23H33N5O4. The summed E-state index contributed by atoms with van der Waals surface area (Å²) < 4.78 is 5.76. The van der Waals surface area contributed by atoms with Crippen molar-refractivity contribution >= 4 is 22.7 Å². The van der Waals surface area contributed by atoms with Gasteiger partial charge in [-0.15, -0.1) is 0 Å². The molecule has 9 nitrogen and oxygen atoms in total. The molecule has 0 radical (unpaired) electrons. The molecule has 0 saturated carbocycles. The van der Waals surface area contributed by atoms with E-state index in [4.69, 9.17) is 4.74 Å². The fraction of sp³-hybridized carbons (Fsp3) is 0.565. The van der Waals surface area contributed by atoms with Crippen LogP contribution in [0.2, 0.25) is 0 Å². The van der Waals surface area contributed by atoms with Crippen molar-refractivity contribution in [2.24, 2.45) is 0 Å². The molecule has 1 aliphatic heterocycles. The highest BCUT2D eigenvalue weighted by atomic mass is 16.5. The van der Waals surface area contributed by atoms with Crippen molar-refractivity contribution in [2.45, 2.75) is 51.9 Å². The van der Waals surface area contributed by atoms with Gasteiger partial charge in [-0.3, -0.25) is 19.3 Å². The molecule has 174 valence electrons. The first-order valence-corrected chi connectivity index (χ1v) is 11.1. The number of H-pyrrole nitrogens is 1. The number of benzene rings is 1. The average molecular weight is 444 g/mol. The van der Waals surface area contributed by atoms with Crippen molar-refractivity contribution in [3.63, 3.8) is 0 Å². The minimum atomic E-state index is -0.414. The summed E-state index contributed by atoms with van der Waals surface area (Å²) in [6.45, 7) is 6.09. The van der Waals surface area contributed by atoms with Crippen LogP contribution in [0.3, 0.4) is 0 Å². The third-order valence-corrected chi connectivity index (χ3v) is 5.81. The number of hydrogen-bond acceptors (Lipinski definition) is 6. The first kappa shape index (κ1) is 23.9. The number of aromatic nitrogens is 2. The average Bonchev–Trinajstić information content (AvgIpc) is 3.24. The lowest BCUT2D eigenvalue weighted by Gasteiger charge is -2.20. The molecule has 1 aromatic carbocycles. The Kier molecular flexibility index (Phi) is 7.98. The van der Waals surface area contributed by atoms with E-state index in [9.17, 15) is 14.4 Å². The number of amides is 2. The summed E-state index contributed by atoms with van der Waals surface area (Å²) in [6.07, 6.45) is 1.22. The molecule has 2 amide bonds. The van der Waals surface area contributed by atoms with Crippen molar-refractivity contribution in [2.75, 3.05) is 33.7 Å². The van der Waals surface area contributed by atoms with Crippen LogP contribution in [0.5, 0.6) is 0 Å². The number of rotatable bonds is 9. The Morgan fingerprint density at radius 3 is 2.78 bits per heavy atom. The van der Waals surface area contributed by atoms with Gasteiger partial charge in [0.15, 0.2) is 0 Å². The maximum Gasteiger partial charge on any atom is 0.258 e. The zero-order valence-corrected chi connectivity index (χ0v) is 19.3. The Labute approximate surface area is 188 Å². The zero-order valence-electron chi connectivity index (χ0n) is 19.3. The van der Waals surface area contributed by atoms with Crippen LogP contribution in [0, 0.1) is 6.92 Å². The van der Waals surface area contributed by atoms with Gasteiger partial charge in [-0.05, 0) is 37.9 Å². The Morgan fingerprint density at radius 1 is 1.28 bits per heavy atom. The maximum atomic E-state index is 12.4. The van der Waals surface area contributed by atoms with E-state index in [1.54, 1.807) is 20.2 Å². The topological polar surface area (TPSA) is 108 Å². The van der Waals surface area contributed by atoms with Crippen LogP contribution in [0.25, 0.3) is 10.9 Å². The molecular weight excluding hydrogens is 410 g/mol. The summed E-state index contributed by atoms with van der Waals surface area (Å²) in [5.41, 5.74) is 1.52. The largest absolute Gasteiger partial charge is 0.363 e. The van der Waals surface area contributed by atoms with E-state index in [0.29, 0.717) is 49.2 Å². The van der Waals surface area contributed by atoms with Gasteiger partial charge < -0.3 is 19.9 Å². The summed E-state index contributed by atoms with van der Waals surface area (Å²) in [7, 11) is 3.43. The predicted molar refractivity (Wildman–Crippen MR) is 122 cm³/mol. The second-order valence-corrected chi connectivity index (χ2v) is 8.46. The number of carbonyl (C=O) groups excluding carboxylic acids is 2. The fourth-order valence-electron chi connectivity index (χ4n) is 3.89. The number of aryl methyl sites for hydroxylation is 1. The van der Waals surface area contributed by atoms with Crippen LogP contribution in [0.4, 0.5) is 0 Å². The van der Waals surface area contributed by atoms with Crippen LogP contribution in [-0.4, -0.2) is 77.5 Å². The monoisotopic (exact) mass is 443 g/mol. The molecule has 3 rings (SSSR count). The van der Waals surface area contributed by atoms with E-state index in [1.807, 2.05) is 26.0 Å². The summed E-state index contributed by atoms with van der Waals surface area (Å²) in [6, 6.07) is 5.56. The number of nitrogens with one attached hydrogen (secondary N) is 2. The third-order valence-electron chi connectivity index (χ3n) is 5.81. The molecule has 0 aliphatic carbocycles. The molecule has 1 aromatic heterocycles. The van der Waals surface area contributed by atoms with Gasteiger partial charge in [-0.1, -0.05) is 19.1 Å². The van der Waals surface area contributed by atoms with Crippen LogP contribution < -0.4 is 10.9 Å². The number of ether oxygens (including phenoxy) is 1. The molecule has 0 bridgehead atoms. The molecule has 0 spiro atoms. The Hall–Kier alpha value is -2.78. The molecule has 0 unspecified atom stereocenters. The number of carbonyl (C=O) groups is 2. The highest BCUT2D eigenvalue weighted by Crippen LogP contribution is 2.20. The lowest BCUT2D eigenvalue weighted by molar-refractivity contribution is -0.140. The van der Waals surface area contributed by atoms with E-state index in [2.05, 4.69) is 20.2 Å². The molecule has 1 aliphatic rings. The van der Waals surface area contributed by atoms with E-state index in [1.165, 1.54) is 4.90 Å². The van der Waals surface area contributed by atoms with Gasteiger partial charge in [0, 0.05) is 33.6 Å². The summed E-state index contributed by atoms with van der Waals surface area (Å²) in [5, 5.41) is 3.49.